The van der Waals surface area contributed by atoms with Gasteiger partial charge in [-0.25, -0.2) is 4.89 Å². The average molecular weight is 471 g/mol. The van der Waals surface area contributed by atoms with Gasteiger partial charge in [0.2, 0.25) is 0 Å². The molecule has 0 bridgehead atoms. The maximum absolute atomic E-state index is 14.1. The van der Waals surface area contributed by atoms with Crippen LogP contribution in [0.3, 0.4) is 0 Å². The molecule has 0 saturated heterocycles. The Kier molecular flexibility index (Phi) is 5.31. The van der Waals surface area contributed by atoms with Gasteiger partial charge in [-0.1, -0.05) is 58.8 Å². The summed E-state index contributed by atoms with van der Waals surface area (Å²) in [7, 11) is 0. The van der Waals surface area contributed by atoms with Gasteiger partial charge in [0.05, 0.1) is 5.54 Å². The Labute approximate surface area is 191 Å². The Hall–Kier alpha value is -3.47. The highest BCUT2D eigenvalue weighted by Crippen LogP contribution is 2.46. The molecule has 176 valence electrons. The van der Waals surface area contributed by atoms with E-state index in [1.54, 1.807) is 37.3 Å². The second-order valence-electron chi connectivity index (χ2n) is 8.50. The highest BCUT2D eigenvalue weighted by Gasteiger charge is 2.43. The van der Waals surface area contributed by atoms with Gasteiger partial charge in [-0.3, -0.25) is 5.26 Å². The summed E-state index contributed by atoms with van der Waals surface area (Å²) in [6, 6.07) is 13.4. The van der Waals surface area contributed by atoms with E-state index in [1.807, 2.05) is 6.07 Å². The third-order valence-corrected chi connectivity index (χ3v) is 6.04. The van der Waals surface area contributed by atoms with Crippen molar-refractivity contribution in [2.45, 2.75) is 31.5 Å². The molecule has 0 spiro atoms. The molecule has 7 nitrogen and oxygen atoms in total. The first-order valence-electron chi connectivity index (χ1n) is 10.5. The zero-order chi connectivity index (χ0) is 24.1. The van der Waals surface area contributed by atoms with E-state index in [0.29, 0.717) is 24.1 Å². The van der Waals surface area contributed by atoms with Crippen molar-refractivity contribution in [3.8, 4) is 34.0 Å². The van der Waals surface area contributed by atoms with Crippen molar-refractivity contribution in [1.29, 1.82) is 0 Å². The number of nitrogens with two attached hydrogens (primary N) is 1. The summed E-state index contributed by atoms with van der Waals surface area (Å²) in [6.07, 6.45) is -3.79. The Morgan fingerprint density at radius 1 is 1.00 bits per heavy atom. The van der Waals surface area contributed by atoms with Crippen molar-refractivity contribution in [3.05, 3.63) is 70.8 Å². The lowest BCUT2D eigenvalue weighted by Crippen LogP contribution is -2.38. The number of aromatic nitrogens is 2. The molecule has 0 fully saturated rings. The molecule has 1 atom stereocenters. The third kappa shape index (κ3) is 3.69. The van der Waals surface area contributed by atoms with Crippen molar-refractivity contribution in [1.82, 2.24) is 10.3 Å². The number of halogens is 3. The highest BCUT2D eigenvalue weighted by molar-refractivity contribution is 5.79. The standard InChI is InChI=1S/C24H20F3N3O4/c1-23(28,12-32-31)15-8-10-16-14(11-15)7-9-17-19(16)29-34-22(17)20-18(24(25,26)27)21(33-30-20)13-5-3-2-4-6-13/h2-6,8,10-11,31H,7,9,12,28H2,1H3. The Balaban J connectivity index is 1.60. The maximum Gasteiger partial charge on any atom is 0.422 e. The lowest BCUT2D eigenvalue weighted by molar-refractivity contribution is -0.253. The third-order valence-electron chi connectivity index (χ3n) is 6.04. The summed E-state index contributed by atoms with van der Waals surface area (Å²) in [5, 5.41) is 16.6. The lowest BCUT2D eigenvalue weighted by Gasteiger charge is -2.25. The van der Waals surface area contributed by atoms with Gasteiger partial charge >= 0.3 is 6.18 Å². The normalized spacial score (nSPS) is 15.0. The van der Waals surface area contributed by atoms with Crippen LogP contribution >= 0.6 is 0 Å². The molecule has 1 aliphatic carbocycles. The number of benzene rings is 2. The zero-order valence-electron chi connectivity index (χ0n) is 18.0. The first-order valence-corrected chi connectivity index (χ1v) is 10.5. The molecule has 0 aliphatic heterocycles. The fourth-order valence-electron chi connectivity index (χ4n) is 4.30. The molecule has 2 heterocycles. The second-order valence-corrected chi connectivity index (χ2v) is 8.50. The number of aryl methyl sites for hydroxylation is 1. The summed E-state index contributed by atoms with van der Waals surface area (Å²) < 4.78 is 52.9. The fraction of sp³-hybridized carbons (Fsp3) is 0.250. The zero-order valence-corrected chi connectivity index (χ0v) is 18.0. The largest absolute Gasteiger partial charge is 0.422 e. The Bertz CT molecular complexity index is 1340. The fourth-order valence-corrected chi connectivity index (χ4v) is 4.30. The summed E-state index contributed by atoms with van der Waals surface area (Å²) in [6.45, 7) is 1.63. The topological polar surface area (TPSA) is 108 Å². The van der Waals surface area contributed by atoms with Gasteiger partial charge in [0, 0.05) is 16.7 Å². The smallest absolute Gasteiger partial charge is 0.355 e. The van der Waals surface area contributed by atoms with Crippen LogP contribution in [-0.2, 0) is 29.4 Å². The average Bonchev–Trinajstić information content (AvgIpc) is 3.43. The van der Waals surface area contributed by atoms with Crippen molar-refractivity contribution in [2.75, 3.05) is 6.61 Å². The number of alkyl halides is 3. The van der Waals surface area contributed by atoms with Gasteiger partial charge in [0.1, 0.15) is 17.9 Å². The van der Waals surface area contributed by atoms with Gasteiger partial charge in [0.15, 0.2) is 17.2 Å². The van der Waals surface area contributed by atoms with Crippen LogP contribution in [0.5, 0.6) is 0 Å². The minimum Gasteiger partial charge on any atom is -0.355 e. The Morgan fingerprint density at radius 3 is 2.41 bits per heavy atom. The van der Waals surface area contributed by atoms with Crippen LogP contribution in [0.4, 0.5) is 13.2 Å². The first-order chi connectivity index (χ1) is 16.2. The summed E-state index contributed by atoms with van der Waals surface area (Å²) in [5.41, 5.74) is 7.53. The van der Waals surface area contributed by atoms with Gasteiger partial charge in [0.25, 0.3) is 0 Å². The van der Waals surface area contributed by atoms with E-state index in [-0.39, 0.29) is 23.7 Å². The van der Waals surface area contributed by atoms with E-state index in [4.69, 9.17) is 20.0 Å². The van der Waals surface area contributed by atoms with Gasteiger partial charge in [-0.05, 0) is 30.9 Å². The van der Waals surface area contributed by atoms with Crippen LogP contribution < -0.4 is 5.73 Å². The molecule has 4 aromatic rings. The molecular formula is C24H20F3N3O4. The minimum atomic E-state index is -4.72. The van der Waals surface area contributed by atoms with Crippen LogP contribution in [0.15, 0.2) is 57.6 Å². The van der Waals surface area contributed by atoms with E-state index in [0.717, 1.165) is 16.7 Å². The molecule has 3 N–H and O–H groups in total. The summed E-state index contributed by atoms with van der Waals surface area (Å²) in [5.74, 6) is -0.428. The Morgan fingerprint density at radius 2 is 1.71 bits per heavy atom. The van der Waals surface area contributed by atoms with E-state index >= 15 is 0 Å². The molecule has 10 heteroatoms. The first kappa shape index (κ1) is 22.3. The molecule has 1 unspecified atom stereocenters. The van der Waals surface area contributed by atoms with Crippen LogP contribution in [0.25, 0.3) is 34.0 Å². The maximum atomic E-state index is 14.1. The molecule has 5 rings (SSSR count). The minimum absolute atomic E-state index is 0.0553. The monoisotopic (exact) mass is 471 g/mol. The summed E-state index contributed by atoms with van der Waals surface area (Å²) >= 11 is 0. The van der Waals surface area contributed by atoms with Gasteiger partial charge in [-0.2, -0.15) is 13.2 Å². The molecule has 0 saturated carbocycles. The van der Waals surface area contributed by atoms with E-state index < -0.39 is 23.0 Å². The number of nitrogens with zero attached hydrogens (tertiary/aromatic N) is 2. The van der Waals surface area contributed by atoms with E-state index in [9.17, 15) is 13.2 Å². The number of rotatable bonds is 5. The molecular weight excluding hydrogens is 451 g/mol. The highest BCUT2D eigenvalue weighted by atomic mass is 19.4. The molecule has 2 aromatic carbocycles. The molecule has 1 aliphatic rings. The quantitative estimate of drug-likeness (QED) is 0.295. The lowest BCUT2D eigenvalue weighted by atomic mass is 9.84. The van der Waals surface area contributed by atoms with Crippen molar-refractivity contribution >= 4 is 0 Å². The number of fused-ring (bicyclic) bond motifs is 3. The molecule has 2 aromatic heterocycles. The summed E-state index contributed by atoms with van der Waals surface area (Å²) in [4.78, 5) is 4.23. The number of hydrogen-bond donors (Lipinski definition) is 2. The predicted octanol–water partition coefficient (Wildman–Crippen LogP) is 5.44. The van der Waals surface area contributed by atoms with E-state index in [2.05, 4.69) is 15.2 Å². The van der Waals surface area contributed by atoms with Crippen LogP contribution in [0.1, 0.15) is 29.2 Å². The van der Waals surface area contributed by atoms with Crippen LogP contribution in [-0.4, -0.2) is 22.2 Å². The van der Waals surface area contributed by atoms with Gasteiger partial charge < -0.3 is 14.8 Å². The van der Waals surface area contributed by atoms with Crippen molar-refractivity contribution in [3.63, 3.8) is 0 Å². The van der Waals surface area contributed by atoms with E-state index in [1.165, 1.54) is 12.1 Å². The number of hydrogen-bond acceptors (Lipinski definition) is 7. The van der Waals surface area contributed by atoms with Gasteiger partial charge in [-0.15, -0.1) is 0 Å². The van der Waals surface area contributed by atoms with Crippen LogP contribution in [0, 0.1) is 0 Å². The predicted molar refractivity (Wildman–Crippen MR) is 115 cm³/mol. The molecule has 0 amide bonds. The van der Waals surface area contributed by atoms with Crippen molar-refractivity contribution < 1.29 is 32.4 Å². The second kappa shape index (κ2) is 8.08. The van der Waals surface area contributed by atoms with Crippen molar-refractivity contribution in [2.24, 2.45) is 5.73 Å². The SMILES string of the molecule is CC(N)(COO)c1ccc2c(c1)CCc1c-2noc1-c1noc(-c2ccccc2)c1C(F)(F)F. The molecule has 34 heavy (non-hydrogen) atoms. The molecule has 0 radical (unpaired) electrons. The van der Waals surface area contributed by atoms with Crippen LogP contribution in [0.2, 0.25) is 0 Å².